The molecule has 2 aliphatic heterocycles. The Kier molecular flexibility index (Phi) is 4.48. The molecule has 2 aliphatic rings. The number of H-pyrrole nitrogens is 1. The Hall–Kier alpha value is -3.26. The molecule has 0 unspecified atom stereocenters. The molecule has 4 heterocycles. The topological polar surface area (TPSA) is 101 Å². The SMILES string of the molecule is CN1CCC(Nc2cnc(N)c(-c3cc(-c4ccc5c(c4)OCO5)n[nH]3)c2)CC1. The van der Waals surface area contributed by atoms with E-state index in [0.717, 1.165) is 65.6 Å². The standard InChI is InChI=1S/C21H24N6O2/c1-27-6-4-14(5-7-27)24-15-9-16(21(22)23-11-15)18-10-17(25-26-18)13-2-3-19-20(8-13)29-12-28-19/h2-3,8-11,14,24H,4-7,12H2,1H3,(H2,22,23)(H,25,26). The van der Waals surface area contributed by atoms with Crippen molar-refractivity contribution in [1.29, 1.82) is 0 Å². The van der Waals surface area contributed by atoms with Gasteiger partial charge in [0.05, 0.1) is 23.3 Å². The lowest BCUT2D eigenvalue weighted by Crippen LogP contribution is -2.36. The highest BCUT2D eigenvalue weighted by Crippen LogP contribution is 2.36. The van der Waals surface area contributed by atoms with E-state index in [1.165, 1.54) is 0 Å². The van der Waals surface area contributed by atoms with Gasteiger partial charge in [-0.25, -0.2) is 4.98 Å². The lowest BCUT2D eigenvalue weighted by atomic mass is 10.0. The summed E-state index contributed by atoms with van der Waals surface area (Å²) in [7, 11) is 2.16. The molecule has 5 rings (SSSR count). The van der Waals surface area contributed by atoms with Crippen LogP contribution in [0.25, 0.3) is 22.5 Å². The summed E-state index contributed by atoms with van der Waals surface area (Å²) in [6.07, 6.45) is 4.04. The van der Waals surface area contributed by atoms with E-state index in [-0.39, 0.29) is 6.79 Å². The van der Waals surface area contributed by atoms with Crippen molar-refractivity contribution in [3.05, 3.63) is 36.5 Å². The smallest absolute Gasteiger partial charge is 0.231 e. The fourth-order valence-corrected chi connectivity index (χ4v) is 3.82. The Balaban J connectivity index is 1.38. The van der Waals surface area contributed by atoms with Crippen molar-refractivity contribution in [2.75, 3.05) is 38.0 Å². The number of aromatic nitrogens is 3. The molecule has 0 spiro atoms. The van der Waals surface area contributed by atoms with E-state index in [9.17, 15) is 0 Å². The van der Waals surface area contributed by atoms with Gasteiger partial charge in [-0.3, -0.25) is 5.10 Å². The van der Waals surface area contributed by atoms with Crippen LogP contribution in [0.4, 0.5) is 11.5 Å². The molecule has 2 aromatic heterocycles. The number of nitrogens with one attached hydrogen (secondary N) is 2. The number of fused-ring (bicyclic) bond motifs is 1. The summed E-state index contributed by atoms with van der Waals surface area (Å²) in [6.45, 7) is 2.46. The molecule has 1 aromatic carbocycles. The molecular formula is C21H24N6O2. The molecule has 0 amide bonds. The van der Waals surface area contributed by atoms with E-state index < -0.39 is 0 Å². The summed E-state index contributed by atoms with van der Waals surface area (Å²) in [5.74, 6) is 1.96. The number of aromatic amines is 1. The minimum Gasteiger partial charge on any atom is -0.454 e. The van der Waals surface area contributed by atoms with Gasteiger partial charge in [0, 0.05) is 17.2 Å². The first-order valence-corrected chi connectivity index (χ1v) is 9.82. The van der Waals surface area contributed by atoms with Gasteiger partial charge in [-0.15, -0.1) is 0 Å². The van der Waals surface area contributed by atoms with Gasteiger partial charge in [0.1, 0.15) is 5.82 Å². The highest BCUT2D eigenvalue weighted by atomic mass is 16.7. The number of rotatable bonds is 4. The second-order valence-electron chi connectivity index (χ2n) is 7.61. The summed E-state index contributed by atoms with van der Waals surface area (Å²) in [5, 5.41) is 11.1. The van der Waals surface area contributed by atoms with Gasteiger partial charge in [0.2, 0.25) is 6.79 Å². The molecule has 0 radical (unpaired) electrons. The maximum absolute atomic E-state index is 6.16. The number of likely N-dealkylation sites (tertiary alicyclic amines) is 1. The molecule has 4 N–H and O–H groups in total. The number of piperidine rings is 1. The van der Waals surface area contributed by atoms with Gasteiger partial charge in [0.15, 0.2) is 11.5 Å². The maximum atomic E-state index is 6.16. The van der Waals surface area contributed by atoms with Crippen LogP contribution in [0.1, 0.15) is 12.8 Å². The Bertz CT molecular complexity index is 1030. The fourth-order valence-electron chi connectivity index (χ4n) is 3.82. The first-order valence-electron chi connectivity index (χ1n) is 9.82. The van der Waals surface area contributed by atoms with Gasteiger partial charge in [-0.1, -0.05) is 0 Å². The predicted molar refractivity (Wildman–Crippen MR) is 112 cm³/mol. The number of hydrogen-bond acceptors (Lipinski definition) is 7. The molecule has 150 valence electrons. The zero-order valence-corrected chi connectivity index (χ0v) is 16.3. The summed E-state index contributed by atoms with van der Waals surface area (Å²) in [6, 6.07) is 10.3. The summed E-state index contributed by atoms with van der Waals surface area (Å²) < 4.78 is 10.8. The zero-order valence-electron chi connectivity index (χ0n) is 16.3. The minimum atomic E-state index is 0.254. The molecule has 1 fully saturated rings. The lowest BCUT2D eigenvalue weighted by molar-refractivity contribution is 0.174. The highest BCUT2D eigenvalue weighted by Gasteiger charge is 2.18. The highest BCUT2D eigenvalue weighted by molar-refractivity contribution is 5.77. The number of anilines is 2. The van der Waals surface area contributed by atoms with Crippen molar-refractivity contribution < 1.29 is 9.47 Å². The van der Waals surface area contributed by atoms with Crippen molar-refractivity contribution in [3.8, 4) is 34.0 Å². The van der Waals surface area contributed by atoms with Crippen LogP contribution >= 0.6 is 0 Å². The third-order valence-electron chi connectivity index (χ3n) is 5.54. The fraction of sp³-hybridized carbons (Fsp3) is 0.333. The third-order valence-corrected chi connectivity index (χ3v) is 5.54. The number of pyridine rings is 1. The van der Waals surface area contributed by atoms with Crippen molar-refractivity contribution in [2.45, 2.75) is 18.9 Å². The monoisotopic (exact) mass is 392 g/mol. The number of ether oxygens (including phenoxy) is 2. The van der Waals surface area contributed by atoms with Crippen molar-refractivity contribution in [3.63, 3.8) is 0 Å². The average molecular weight is 392 g/mol. The largest absolute Gasteiger partial charge is 0.454 e. The second kappa shape index (κ2) is 7.29. The Morgan fingerprint density at radius 3 is 2.83 bits per heavy atom. The number of nitrogen functional groups attached to an aromatic ring is 1. The molecule has 0 bridgehead atoms. The first kappa shape index (κ1) is 17.8. The van der Waals surface area contributed by atoms with Crippen LogP contribution in [0.3, 0.4) is 0 Å². The lowest BCUT2D eigenvalue weighted by Gasteiger charge is -2.30. The van der Waals surface area contributed by atoms with Crippen LogP contribution < -0.4 is 20.5 Å². The van der Waals surface area contributed by atoms with Crippen LogP contribution in [0.5, 0.6) is 11.5 Å². The summed E-state index contributed by atoms with van der Waals surface area (Å²) >= 11 is 0. The molecule has 0 atom stereocenters. The minimum absolute atomic E-state index is 0.254. The summed E-state index contributed by atoms with van der Waals surface area (Å²) in [4.78, 5) is 6.74. The third kappa shape index (κ3) is 3.58. The van der Waals surface area contributed by atoms with E-state index >= 15 is 0 Å². The van der Waals surface area contributed by atoms with Crippen LogP contribution in [0.2, 0.25) is 0 Å². The molecule has 8 nitrogen and oxygen atoms in total. The number of benzene rings is 1. The molecule has 0 aliphatic carbocycles. The predicted octanol–water partition coefficient (Wildman–Crippen LogP) is 2.96. The number of nitrogens with two attached hydrogens (primary N) is 1. The quantitative estimate of drug-likeness (QED) is 0.627. The molecule has 29 heavy (non-hydrogen) atoms. The van der Waals surface area contributed by atoms with Gasteiger partial charge in [-0.05, 0) is 63.3 Å². The Morgan fingerprint density at radius 2 is 1.97 bits per heavy atom. The maximum Gasteiger partial charge on any atom is 0.231 e. The van der Waals surface area contributed by atoms with E-state index in [4.69, 9.17) is 15.2 Å². The average Bonchev–Trinajstić information content (AvgIpc) is 3.40. The van der Waals surface area contributed by atoms with Gasteiger partial charge < -0.3 is 25.4 Å². The number of hydrogen-bond donors (Lipinski definition) is 3. The van der Waals surface area contributed by atoms with E-state index in [1.807, 2.05) is 30.3 Å². The van der Waals surface area contributed by atoms with Crippen molar-refractivity contribution in [1.82, 2.24) is 20.1 Å². The molecule has 8 heteroatoms. The van der Waals surface area contributed by atoms with Gasteiger partial charge >= 0.3 is 0 Å². The van der Waals surface area contributed by atoms with Crippen LogP contribution in [-0.2, 0) is 0 Å². The molecule has 1 saturated heterocycles. The van der Waals surface area contributed by atoms with Gasteiger partial charge in [-0.2, -0.15) is 5.10 Å². The first-order chi connectivity index (χ1) is 14.2. The molecular weight excluding hydrogens is 368 g/mol. The van der Waals surface area contributed by atoms with E-state index in [1.54, 1.807) is 6.20 Å². The van der Waals surface area contributed by atoms with E-state index in [0.29, 0.717) is 11.9 Å². The Labute approximate surface area is 169 Å². The Morgan fingerprint density at radius 1 is 1.14 bits per heavy atom. The second-order valence-corrected chi connectivity index (χ2v) is 7.61. The normalized spacial score (nSPS) is 16.9. The van der Waals surface area contributed by atoms with Crippen LogP contribution in [-0.4, -0.2) is 53.1 Å². The summed E-state index contributed by atoms with van der Waals surface area (Å²) in [5.41, 5.74) is 10.6. The van der Waals surface area contributed by atoms with E-state index in [2.05, 4.69) is 32.4 Å². The van der Waals surface area contributed by atoms with Crippen molar-refractivity contribution >= 4 is 11.5 Å². The number of nitrogens with zero attached hydrogens (tertiary/aromatic N) is 3. The molecule has 0 saturated carbocycles. The van der Waals surface area contributed by atoms with Crippen molar-refractivity contribution in [2.24, 2.45) is 0 Å². The molecule has 3 aromatic rings. The van der Waals surface area contributed by atoms with Crippen LogP contribution in [0, 0.1) is 0 Å². The van der Waals surface area contributed by atoms with Gasteiger partial charge in [0.25, 0.3) is 0 Å². The van der Waals surface area contributed by atoms with Crippen LogP contribution in [0.15, 0.2) is 36.5 Å². The zero-order chi connectivity index (χ0) is 19.8.